The van der Waals surface area contributed by atoms with Gasteiger partial charge in [0, 0.05) is 17.3 Å². The van der Waals surface area contributed by atoms with Crippen LogP contribution >= 0.6 is 11.6 Å². The highest BCUT2D eigenvalue weighted by Gasteiger charge is 2.16. The topological polar surface area (TPSA) is 56.8 Å². The van der Waals surface area contributed by atoms with E-state index in [1.165, 1.54) is 7.11 Å². The molecule has 28 heavy (non-hydrogen) atoms. The molecule has 0 aromatic heterocycles. The number of carbonyl (C=O) groups is 1. The Morgan fingerprint density at radius 2 is 1.75 bits per heavy atom. The van der Waals surface area contributed by atoms with Gasteiger partial charge in [-0.1, -0.05) is 48.0 Å². The van der Waals surface area contributed by atoms with E-state index < -0.39 is 0 Å². The average molecular weight is 398 g/mol. The summed E-state index contributed by atoms with van der Waals surface area (Å²) in [5.41, 5.74) is 1.97. The molecule has 5 nitrogen and oxygen atoms in total. The Bertz CT molecular complexity index is 960. The molecule has 6 heteroatoms. The number of halogens is 1. The van der Waals surface area contributed by atoms with E-state index in [9.17, 15) is 4.79 Å². The van der Waals surface area contributed by atoms with Gasteiger partial charge in [0.15, 0.2) is 11.5 Å². The molecule has 0 saturated carbocycles. The monoisotopic (exact) mass is 397 g/mol. The second-order valence-corrected chi connectivity index (χ2v) is 6.36. The van der Waals surface area contributed by atoms with Crippen molar-refractivity contribution in [3.63, 3.8) is 0 Å². The summed E-state index contributed by atoms with van der Waals surface area (Å²) in [4.78, 5) is 12.6. The predicted octanol–water partition coefficient (Wildman–Crippen LogP) is 5.19. The Balaban J connectivity index is 1.78. The van der Waals surface area contributed by atoms with Gasteiger partial charge >= 0.3 is 0 Å². The van der Waals surface area contributed by atoms with E-state index >= 15 is 0 Å². The predicted molar refractivity (Wildman–Crippen MR) is 110 cm³/mol. The van der Waals surface area contributed by atoms with Gasteiger partial charge in [0.05, 0.1) is 19.2 Å². The van der Waals surface area contributed by atoms with E-state index in [2.05, 4.69) is 5.32 Å². The Kier molecular flexibility index (Phi) is 6.40. The molecule has 0 unspecified atom stereocenters. The first-order valence-corrected chi connectivity index (χ1v) is 8.98. The molecular weight excluding hydrogens is 378 g/mol. The quantitative estimate of drug-likeness (QED) is 0.596. The molecule has 0 aliphatic rings. The zero-order valence-corrected chi connectivity index (χ0v) is 16.3. The van der Waals surface area contributed by atoms with Crippen LogP contribution in [-0.2, 0) is 6.61 Å². The highest BCUT2D eigenvalue weighted by molar-refractivity contribution is 6.32. The highest BCUT2D eigenvalue weighted by Crippen LogP contribution is 2.37. The van der Waals surface area contributed by atoms with E-state index in [1.54, 1.807) is 43.5 Å². The van der Waals surface area contributed by atoms with Crippen LogP contribution in [-0.4, -0.2) is 20.1 Å². The second-order valence-electron chi connectivity index (χ2n) is 5.95. The van der Waals surface area contributed by atoms with Crippen molar-refractivity contribution in [2.24, 2.45) is 0 Å². The van der Waals surface area contributed by atoms with Gasteiger partial charge in [-0.05, 0) is 29.8 Å². The maximum Gasteiger partial charge on any atom is 0.255 e. The van der Waals surface area contributed by atoms with Crippen molar-refractivity contribution in [2.75, 3.05) is 19.5 Å². The summed E-state index contributed by atoms with van der Waals surface area (Å²) in [5, 5.41) is 3.11. The van der Waals surface area contributed by atoms with E-state index in [-0.39, 0.29) is 5.91 Å². The maximum absolute atomic E-state index is 12.6. The molecule has 0 fully saturated rings. The first kappa shape index (κ1) is 19.6. The third-order valence-electron chi connectivity index (χ3n) is 4.05. The fourth-order valence-electron chi connectivity index (χ4n) is 2.62. The van der Waals surface area contributed by atoms with Crippen LogP contribution in [0.5, 0.6) is 17.2 Å². The van der Waals surface area contributed by atoms with Gasteiger partial charge in [-0.25, -0.2) is 0 Å². The summed E-state index contributed by atoms with van der Waals surface area (Å²) in [6, 6.07) is 20.0. The molecule has 3 aromatic rings. The zero-order valence-electron chi connectivity index (χ0n) is 15.6. The van der Waals surface area contributed by atoms with Crippen LogP contribution < -0.4 is 19.5 Å². The van der Waals surface area contributed by atoms with Crippen molar-refractivity contribution in [3.8, 4) is 17.2 Å². The standard InChI is InChI=1S/C22H20ClNO4/c1-26-18-10-6-9-17(13-18)24-22(25)16-11-19(23)21(20(12-16)27-2)28-14-15-7-4-3-5-8-15/h3-13H,14H2,1-2H3,(H,24,25). The van der Waals surface area contributed by atoms with Crippen LogP contribution in [0.4, 0.5) is 5.69 Å². The number of rotatable bonds is 7. The van der Waals surface area contributed by atoms with Crippen molar-refractivity contribution >= 4 is 23.2 Å². The van der Waals surface area contributed by atoms with Gasteiger partial charge < -0.3 is 19.5 Å². The normalized spacial score (nSPS) is 10.2. The Hall–Kier alpha value is -3.18. The minimum Gasteiger partial charge on any atom is -0.497 e. The molecule has 0 bridgehead atoms. The minimum absolute atomic E-state index is 0.297. The van der Waals surface area contributed by atoms with Crippen molar-refractivity contribution in [3.05, 3.63) is 82.9 Å². The number of benzene rings is 3. The molecule has 144 valence electrons. The van der Waals surface area contributed by atoms with Crippen molar-refractivity contribution in [1.29, 1.82) is 0 Å². The van der Waals surface area contributed by atoms with Gasteiger partial charge in [0.1, 0.15) is 12.4 Å². The van der Waals surface area contributed by atoms with Crippen LogP contribution in [0.1, 0.15) is 15.9 Å². The lowest BCUT2D eigenvalue weighted by molar-refractivity contribution is 0.102. The fourth-order valence-corrected chi connectivity index (χ4v) is 2.89. The van der Waals surface area contributed by atoms with E-state index in [0.29, 0.717) is 40.1 Å². The Morgan fingerprint density at radius 1 is 0.964 bits per heavy atom. The fraction of sp³-hybridized carbons (Fsp3) is 0.136. The lowest BCUT2D eigenvalue weighted by Crippen LogP contribution is -2.12. The van der Waals surface area contributed by atoms with Crippen LogP contribution in [0.2, 0.25) is 5.02 Å². The van der Waals surface area contributed by atoms with Gasteiger partial charge in [0.2, 0.25) is 0 Å². The number of amides is 1. The minimum atomic E-state index is -0.317. The maximum atomic E-state index is 12.6. The van der Waals surface area contributed by atoms with Crippen molar-refractivity contribution in [1.82, 2.24) is 0 Å². The first-order valence-electron chi connectivity index (χ1n) is 8.60. The van der Waals surface area contributed by atoms with Gasteiger partial charge in [-0.15, -0.1) is 0 Å². The highest BCUT2D eigenvalue weighted by atomic mass is 35.5. The summed E-state index contributed by atoms with van der Waals surface area (Å²) in [6.45, 7) is 0.340. The Morgan fingerprint density at radius 3 is 2.46 bits per heavy atom. The van der Waals surface area contributed by atoms with E-state index in [1.807, 2.05) is 30.3 Å². The largest absolute Gasteiger partial charge is 0.497 e. The molecule has 0 spiro atoms. The van der Waals surface area contributed by atoms with Crippen LogP contribution in [0.3, 0.4) is 0 Å². The summed E-state index contributed by atoms with van der Waals surface area (Å²) in [6.07, 6.45) is 0. The van der Waals surface area contributed by atoms with Crippen LogP contribution in [0, 0.1) is 0 Å². The lowest BCUT2D eigenvalue weighted by Gasteiger charge is -2.14. The molecular formula is C22H20ClNO4. The SMILES string of the molecule is COc1cccc(NC(=O)c2cc(Cl)c(OCc3ccccc3)c(OC)c2)c1. The third-order valence-corrected chi connectivity index (χ3v) is 4.33. The van der Waals surface area contributed by atoms with E-state index in [4.69, 9.17) is 25.8 Å². The average Bonchev–Trinajstić information content (AvgIpc) is 2.73. The number of methoxy groups -OCH3 is 2. The number of nitrogens with one attached hydrogen (secondary N) is 1. The summed E-state index contributed by atoms with van der Waals surface area (Å²) >= 11 is 6.37. The molecule has 0 saturated heterocycles. The van der Waals surface area contributed by atoms with Gasteiger partial charge in [-0.3, -0.25) is 4.79 Å². The second kappa shape index (κ2) is 9.15. The summed E-state index contributed by atoms with van der Waals surface area (Å²) in [7, 11) is 3.07. The summed E-state index contributed by atoms with van der Waals surface area (Å²) < 4.78 is 16.4. The Labute approximate surface area is 168 Å². The number of hydrogen-bond acceptors (Lipinski definition) is 4. The number of hydrogen-bond donors (Lipinski definition) is 1. The van der Waals surface area contributed by atoms with Crippen molar-refractivity contribution < 1.29 is 19.0 Å². The van der Waals surface area contributed by atoms with Gasteiger partial charge in [0.25, 0.3) is 5.91 Å². The number of anilines is 1. The molecule has 0 radical (unpaired) electrons. The molecule has 0 atom stereocenters. The molecule has 3 rings (SSSR count). The number of carbonyl (C=O) groups excluding carboxylic acids is 1. The molecule has 1 amide bonds. The smallest absolute Gasteiger partial charge is 0.255 e. The summed E-state index contributed by atoms with van der Waals surface area (Å²) in [5.74, 6) is 1.12. The third kappa shape index (κ3) is 4.75. The molecule has 0 aliphatic carbocycles. The first-order chi connectivity index (χ1) is 13.6. The molecule has 0 heterocycles. The van der Waals surface area contributed by atoms with E-state index in [0.717, 1.165) is 5.56 Å². The lowest BCUT2D eigenvalue weighted by atomic mass is 10.1. The van der Waals surface area contributed by atoms with Crippen LogP contribution in [0.15, 0.2) is 66.7 Å². The van der Waals surface area contributed by atoms with Gasteiger partial charge in [-0.2, -0.15) is 0 Å². The number of ether oxygens (including phenoxy) is 3. The molecule has 0 aliphatic heterocycles. The molecule has 3 aromatic carbocycles. The van der Waals surface area contributed by atoms with Crippen molar-refractivity contribution in [2.45, 2.75) is 6.61 Å². The zero-order chi connectivity index (χ0) is 19.9. The van der Waals surface area contributed by atoms with Crippen LogP contribution in [0.25, 0.3) is 0 Å². The molecule has 1 N–H and O–H groups in total.